The van der Waals surface area contributed by atoms with Gasteiger partial charge >= 0.3 is 0 Å². The monoisotopic (exact) mass is 427 g/mol. The lowest BCUT2D eigenvalue weighted by Crippen LogP contribution is -2.32. The van der Waals surface area contributed by atoms with Crippen molar-refractivity contribution in [3.05, 3.63) is 99.9 Å². The first-order valence-electron chi connectivity index (χ1n) is 9.26. The van der Waals surface area contributed by atoms with Crippen LogP contribution >= 0.6 is 11.3 Å². The average Bonchev–Trinajstić information content (AvgIpc) is 3.35. The number of amidine groups is 1. The Hall–Kier alpha value is -4.24. The van der Waals surface area contributed by atoms with E-state index >= 15 is 0 Å². The van der Waals surface area contributed by atoms with Crippen LogP contribution in [0.2, 0.25) is 0 Å². The molecule has 150 valence electrons. The normalized spacial score (nSPS) is 15.0. The molecular formula is C22H13N5O3S. The number of nitro benzene ring substituents is 1. The van der Waals surface area contributed by atoms with Gasteiger partial charge in [-0.15, -0.1) is 0 Å². The number of carbonyl (C=O) groups is 1. The van der Waals surface area contributed by atoms with Crippen molar-refractivity contribution >= 4 is 50.3 Å². The first-order valence-corrected chi connectivity index (χ1v) is 10.1. The SMILES string of the molecule is O=C1/C(=C\c2cccc([N+](=O)[O-])c2)N=C(c2ccccc2)N1c1nc2ncccc2s1. The predicted molar refractivity (Wildman–Crippen MR) is 119 cm³/mol. The van der Waals surface area contributed by atoms with Crippen LogP contribution in [-0.4, -0.2) is 26.6 Å². The van der Waals surface area contributed by atoms with E-state index in [4.69, 9.17) is 0 Å². The summed E-state index contributed by atoms with van der Waals surface area (Å²) in [6.45, 7) is 0. The standard InChI is InChI=1S/C22H13N5O3S/c28-21-17(13-14-6-4-9-16(12-14)27(29)30)24-20(15-7-2-1-3-8-15)26(21)22-25-19-18(31-22)10-5-11-23-19/h1-13H/b17-13+. The Labute approximate surface area is 180 Å². The molecule has 2 aromatic carbocycles. The third-order valence-corrected chi connectivity index (χ3v) is 5.62. The highest BCUT2D eigenvalue weighted by Crippen LogP contribution is 2.33. The van der Waals surface area contributed by atoms with Crippen molar-refractivity contribution in [1.82, 2.24) is 9.97 Å². The van der Waals surface area contributed by atoms with Crippen LogP contribution in [0.4, 0.5) is 10.8 Å². The van der Waals surface area contributed by atoms with Gasteiger partial charge in [0, 0.05) is 23.9 Å². The summed E-state index contributed by atoms with van der Waals surface area (Å²) in [5.41, 5.74) is 1.94. The summed E-state index contributed by atoms with van der Waals surface area (Å²) in [6, 6.07) is 19.1. The third kappa shape index (κ3) is 3.47. The number of hydrogen-bond donors (Lipinski definition) is 0. The Bertz CT molecular complexity index is 1360. The highest BCUT2D eigenvalue weighted by molar-refractivity contribution is 7.22. The zero-order chi connectivity index (χ0) is 21.4. The lowest BCUT2D eigenvalue weighted by molar-refractivity contribution is -0.384. The van der Waals surface area contributed by atoms with Gasteiger partial charge in [0.15, 0.2) is 5.65 Å². The topological polar surface area (TPSA) is 102 Å². The largest absolute Gasteiger partial charge is 0.284 e. The number of fused-ring (bicyclic) bond motifs is 1. The number of rotatable bonds is 4. The van der Waals surface area contributed by atoms with E-state index in [0.717, 1.165) is 10.3 Å². The van der Waals surface area contributed by atoms with E-state index in [1.54, 1.807) is 24.4 Å². The number of benzene rings is 2. The van der Waals surface area contributed by atoms with Gasteiger partial charge in [-0.3, -0.25) is 14.9 Å². The number of nitrogens with zero attached hydrogens (tertiary/aromatic N) is 5. The molecule has 0 atom stereocenters. The van der Waals surface area contributed by atoms with E-state index < -0.39 is 4.92 Å². The Morgan fingerprint density at radius 2 is 1.87 bits per heavy atom. The molecule has 0 spiro atoms. The van der Waals surface area contributed by atoms with Crippen molar-refractivity contribution in [2.24, 2.45) is 4.99 Å². The maximum absolute atomic E-state index is 13.3. The van der Waals surface area contributed by atoms with E-state index in [1.807, 2.05) is 42.5 Å². The van der Waals surface area contributed by atoms with E-state index in [0.29, 0.717) is 22.2 Å². The number of carbonyl (C=O) groups excluding carboxylic acids is 1. The summed E-state index contributed by atoms with van der Waals surface area (Å²) in [5, 5.41) is 11.5. The number of thiazole rings is 1. The summed E-state index contributed by atoms with van der Waals surface area (Å²) in [5.74, 6) is 0.0887. The number of pyridine rings is 1. The highest BCUT2D eigenvalue weighted by Gasteiger charge is 2.34. The molecule has 0 saturated carbocycles. The van der Waals surface area contributed by atoms with Gasteiger partial charge in [-0.2, -0.15) is 4.98 Å². The maximum Gasteiger partial charge on any atom is 0.284 e. The van der Waals surface area contributed by atoms with Crippen LogP contribution < -0.4 is 4.90 Å². The molecule has 1 aliphatic rings. The number of nitro groups is 1. The van der Waals surface area contributed by atoms with Crippen LogP contribution in [0.1, 0.15) is 11.1 Å². The van der Waals surface area contributed by atoms with E-state index in [1.165, 1.54) is 28.4 Å². The molecule has 1 amide bonds. The average molecular weight is 427 g/mol. The van der Waals surface area contributed by atoms with Crippen molar-refractivity contribution in [2.45, 2.75) is 0 Å². The molecule has 0 radical (unpaired) electrons. The molecule has 3 heterocycles. The van der Waals surface area contributed by atoms with Crippen LogP contribution in [0.3, 0.4) is 0 Å². The summed E-state index contributed by atoms with van der Waals surface area (Å²) in [4.78, 5) is 38.8. The molecule has 0 unspecified atom stereocenters. The minimum atomic E-state index is -0.475. The fourth-order valence-corrected chi connectivity index (χ4v) is 4.14. The van der Waals surface area contributed by atoms with Gasteiger partial charge < -0.3 is 0 Å². The highest BCUT2D eigenvalue weighted by atomic mass is 32.1. The van der Waals surface area contributed by atoms with Crippen molar-refractivity contribution in [3.8, 4) is 0 Å². The lowest BCUT2D eigenvalue weighted by Gasteiger charge is -2.14. The van der Waals surface area contributed by atoms with Crippen molar-refractivity contribution in [1.29, 1.82) is 0 Å². The van der Waals surface area contributed by atoms with Gasteiger partial charge in [0.25, 0.3) is 11.6 Å². The van der Waals surface area contributed by atoms with Crippen molar-refractivity contribution in [2.75, 3.05) is 4.90 Å². The molecule has 8 nitrogen and oxygen atoms in total. The van der Waals surface area contributed by atoms with Gasteiger partial charge in [-0.05, 0) is 23.8 Å². The zero-order valence-electron chi connectivity index (χ0n) is 15.9. The predicted octanol–water partition coefficient (Wildman–Crippen LogP) is 4.43. The number of non-ortho nitro benzene ring substituents is 1. The minimum absolute atomic E-state index is 0.0545. The molecule has 1 aliphatic heterocycles. The van der Waals surface area contributed by atoms with Gasteiger partial charge in [0.1, 0.15) is 11.5 Å². The van der Waals surface area contributed by atoms with Crippen molar-refractivity contribution < 1.29 is 9.72 Å². The molecule has 31 heavy (non-hydrogen) atoms. The summed E-state index contributed by atoms with van der Waals surface area (Å²) < 4.78 is 0.855. The molecule has 9 heteroatoms. The second kappa shape index (κ2) is 7.54. The number of hydrogen-bond acceptors (Lipinski definition) is 7. The van der Waals surface area contributed by atoms with Gasteiger partial charge in [-0.1, -0.05) is 53.8 Å². The molecule has 0 fully saturated rings. The quantitative estimate of drug-likeness (QED) is 0.272. The van der Waals surface area contributed by atoms with E-state index in [-0.39, 0.29) is 17.3 Å². The minimum Gasteiger partial charge on any atom is -0.266 e. The van der Waals surface area contributed by atoms with E-state index in [2.05, 4.69) is 15.0 Å². The van der Waals surface area contributed by atoms with Crippen molar-refractivity contribution in [3.63, 3.8) is 0 Å². The first-order chi connectivity index (χ1) is 15.1. The number of aliphatic imine (C=N–C) groups is 1. The van der Waals surface area contributed by atoms with Crippen LogP contribution in [-0.2, 0) is 4.79 Å². The number of aromatic nitrogens is 2. The summed E-state index contributed by atoms with van der Waals surface area (Å²) in [6.07, 6.45) is 3.20. The first kappa shape index (κ1) is 18.8. The molecule has 5 rings (SSSR count). The van der Waals surface area contributed by atoms with Gasteiger partial charge in [0.05, 0.1) is 9.62 Å². The van der Waals surface area contributed by atoms with Crippen LogP contribution in [0.15, 0.2) is 83.6 Å². The maximum atomic E-state index is 13.3. The van der Waals surface area contributed by atoms with Gasteiger partial charge in [0.2, 0.25) is 5.13 Å². The smallest absolute Gasteiger partial charge is 0.266 e. The molecule has 0 N–H and O–H groups in total. The fourth-order valence-electron chi connectivity index (χ4n) is 3.21. The molecular weight excluding hydrogens is 414 g/mol. The number of anilines is 1. The summed E-state index contributed by atoms with van der Waals surface area (Å²) >= 11 is 1.35. The Balaban J connectivity index is 1.63. The number of amides is 1. The van der Waals surface area contributed by atoms with Crippen LogP contribution in [0.25, 0.3) is 16.4 Å². The molecule has 0 aliphatic carbocycles. The lowest BCUT2D eigenvalue weighted by atomic mass is 10.1. The molecule has 4 aromatic rings. The molecule has 0 bridgehead atoms. The second-order valence-electron chi connectivity index (χ2n) is 6.65. The Morgan fingerprint density at radius 3 is 2.65 bits per heavy atom. The third-order valence-electron chi connectivity index (χ3n) is 4.62. The molecule has 2 aromatic heterocycles. The molecule has 0 saturated heterocycles. The van der Waals surface area contributed by atoms with Gasteiger partial charge in [-0.25, -0.2) is 14.9 Å². The Kier molecular flexibility index (Phi) is 4.57. The fraction of sp³-hybridized carbons (Fsp3) is 0. The van der Waals surface area contributed by atoms with E-state index in [9.17, 15) is 14.9 Å². The second-order valence-corrected chi connectivity index (χ2v) is 7.65. The van der Waals surface area contributed by atoms with Crippen LogP contribution in [0, 0.1) is 10.1 Å². The zero-order valence-corrected chi connectivity index (χ0v) is 16.7. The Morgan fingerprint density at radius 1 is 1.03 bits per heavy atom. The van der Waals surface area contributed by atoms with Crippen LogP contribution in [0.5, 0.6) is 0 Å². The summed E-state index contributed by atoms with van der Waals surface area (Å²) in [7, 11) is 0.